The molecule has 0 radical (unpaired) electrons. The topological polar surface area (TPSA) is 53.0 Å². The van der Waals surface area contributed by atoms with Crippen molar-refractivity contribution in [2.75, 3.05) is 31.1 Å². The molecule has 0 amide bonds. The van der Waals surface area contributed by atoms with Crippen molar-refractivity contribution in [1.29, 1.82) is 0 Å². The van der Waals surface area contributed by atoms with Gasteiger partial charge in [0.15, 0.2) is 0 Å². The van der Waals surface area contributed by atoms with Gasteiger partial charge in [0, 0.05) is 42.5 Å². The van der Waals surface area contributed by atoms with Crippen LogP contribution in [0, 0.1) is 0 Å². The molecule has 0 aromatic heterocycles. The number of piperazine rings is 1. The molecule has 0 spiro atoms. The monoisotopic (exact) mass is 401 g/mol. The summed E-state index contributed by atoms with van der Waals surface area (Å²) in [7, 11) is -3.70. The van der Waals surface area contributed by atoms with E-state index in [0.29, 0.717) is 22.0 Å². The molecule has 0 N–H and O–H groups in total. The minimum absolute atomic E-state index is 0.277. The predicted molar refractivity (Wildman–Crippen MR) is 111 cm³/mol. The molecule has 2 aromatic rings. The summed E-state index contributed by atoms with van der Waals surface area (Å²) in [6.45, 7) is 4.94. The van der Waals surface area contributed by atoms with Gasteiger partial charge in [-0.1, -0.05) is 41.9 Å². The number of anilines is 1. The lowest BCUT2D eigenvalue weighted by Gasteiger charge is -2.37. The molecule has 4 rings (SSSR count). The third-order valence-electron chi connectivity index (χ3n) is 4.95. The summed E-state index contributed by atoms with van der Waals surface area (Å²) in [6, 6.07) is 17.1. The number of amidine groups is 1. The number of benzene rings is 2. The highest BCUT2D eigenvalue weighted by atomic mass is 35.5. The molecule has 0 saturated carbocycles. The molecule has 27 heavy (non-hydrogen) atoms. The Morgan fingerprint density at radius 3 is 2.11 bits per heavy atom. The Morgan fingerprint density at radius 1 is 0.889 bits per heavy atom. The van der Waals surface area contributed by atoms with Crippen molar-refractivity contribution in [3.05, 3.63) is 70.8 Å². The minimum atomic E-state index is -3.70. The van der Waals surface area contributed by atoms with Crippen LogP contribution in [0.2, 0.25) is 5.02 Å². The van der Waals surface area contributed by atoms with Crippen molar-refractivity contribution in [2.24, 2.45) is 4.40 Å². The molecular formula is C20H20ClN3O2S. The van der Waals surface area contributed by atoms with Crippen LogP contribution in [-0.4, -0.2) is 45.3 Å². The first-order valence-electron chi connectivity index (χ1n) is 8.83. The Morgan fingerprint density at radius 2 is 1.48 bits per heavy atom. The third kappa shape index (κ3) is 3.47. The first-order chi connectivity index (χ1) is 13.0. The third-order valence-corrected chi connectivity index (χ3v) is 6.67. The molecule has 1 fully saturated rings. The highest BCUT2D eigenvalue weighted by Gasteiger charge is 2.34. The zero-order valence-corrected chi connectivity index (χ0v) is 16.5. The van der Waals surface area contributed by atoms with Crippen LogP contribution in [0.25, 0.3) is 4.91 Å². The average Bonchev–Trinajstić information content (AvgIpc) is 2.92. The van der Waals surface area contributed by atoms with Crippen LogP contribution >= 0.6 is 11.6 Å². The molecule has 0 aliphatic carbocycles. The van der Waals surface area contributed by atoms with Gasteiger partial charge in [-0.3, -0.25) is 0 Å². The van der Waals surface area contributed by atoms with Crippen molar-refractivity contribution in [1.82, 2.24) is 4.90 Å². The molecule has 0 unspecified atom stereocenters. The van der Waals surface area contributed by atoms with Gasteiger partial charge in [0.2, 0.25) is 0 Å². The number of halogens is 1. The fourth-order valence-electron chi connectivity index (χ4n) is 3.60. The minimum Gasteiger partial charge on any atom is -0.368 e. The maximum absolute atomic E-state index is 12.7. The summed E-state index contributed by atoms with van der Waals surface area (Å²) >= 11 is 5.93. The highest BCUT2D eigenvalue weighted by Crippen LogP contribution is 2.34. The van der Waals surface area contributed by atoms with E-state index in [1.807, 2.05) is 25.1 Å². The lowest BCUT2D eigenvalue weighted by Crippen LogP contribution is -2.48. The number of nitrogens with zero attached hydrogens (tertiary/aromatic N) is 3. The molecule has 0 bridgehead atoms. The lowest BCUT2D eigenvalue weighted by atomic mass is 10.1. The first-order valence-corrected chi connectivity index (χ1v) is 10.6. The zero-order chi connectivity index (χ0) is 19.0. The zero-order valence-electron chi connectivity index (χ0n) is 15.0. The smallest absolute Gasteiger partial charge is 0.285 e. The maximum atomic E-state index is 12.7. The van der Waals surface area contributed by atoms with Gasteiger partial charge in [-0.25, -0.2) is 0 Å². The summed E-state index contributed by atoms with van der Waals surface area (Å²) in [6.07, 6.45) is 0. The van der Waals surface area contributed by atoms with Crippen LogP contribution in [0.1, 0.15) is 12.5 Å². The van der Waals surface area contributed by atoms with Gasteiger partial charge < -0.3 is 9.80 Å². The van der Waals surface area contributed by atoms with Crippen molar-refractivity contribution in [3.63, 3.8) is 0 Å². The standard InChI is InChI=1S/C20H20ClN3O2S/c1-15-19(16-7-9-17(21)10-8-16)27(25,26)22-20(15)24-13-11-23(12-14-24)18-5-3-2-4-6-18/h2-10H,11-14H2,1H3. The van der Waals surface area contributed by atoms with Crippen molar-refractivity contribution >= 4 is 38.1 Å². The van der Waals surface area contributed by atoms with Gasteiger partial charge in [-0.2, -0.15) is 8.42 Å². The fraction of sp³-hybridized carbons (Fsp3) is 0.250. The summed E-state index contributed by atoms with van der Waals surface area (Å²) < 4.78 is 29.5. The largest absolute Gasteiger partial charge is 0.368 e. The quantitative estimate of drug-likeness (QED) is 0.771. The van der Waals surface area contributed by atoms with E-state index in [1.165, 1.54) is 5.69 Å². The molecule has 2 aromatic carbocycles. The highest BCUT2D eigenvalue weighted by molar-refractivity contribution is 8.00. The van der Waals surface area contributed by atoms with Crippen LogP contribution < -0.4 is 4.90 Å². The molecular weight excluding hydrogens is 382 g/mol. The predicted octanol–water partition coefficient (Wildman–Crippen LogP) is 3.64. The molecule has 0 atom stereocenters. The normalized spacial score (nSPS) is 19.4. The number of para-hydroxylation sites is 1. The van der Waals surface area contributed by atoms with Crippen molar-refractivity contribution in [2.45, 2.75) is 6.92 Å². The number of hydrogen-bond acceptors (Lipinski definition) is 4. The number of hydrogen-bond donors (Lipinski definition) is 0. The van der Waals surface area contributed by atoms with Crippen LogP contribution in [0.4, 0.5) is 5.69 Å². The van der Waals surface area contributed by atoms with Gasteiger partial charge in [-0.05, 0) is 36.8 Å². The number of sulfonamides is 1. The maximum Gasteiger partial charge on any atom is 0.285 e. The van der Waals surface area contributed by atoms with E-state index < -0.39 is 10.0 Å². The van der Waals surface area contributed by atoms with Gasteiger partial charge >= 0.3 is 0 Å². The van der Waals surface area contributed by atoms with E-state index in [2.05, 4.69) is 26.3 Å². The second kappa shape index (κ2) is 7.02. The van der Waals surface area contributed by atoms with Crippen LogP contribution in [0.5, 0.6) is 0 Å². The Balaban J connectivity index is 1.57. The van der Waals surface area contributed by atoms with E-state index in [9.17, 15) is 8.42 Å². The Hall–Kier alpha value is -2.31. The van der Waals surface area contributed by atoms with Gasteiger partial charge in [-0.15, -0.1) is 4.40 Å². The molecule has 140 valence electrons. The Kier molecular flexibility index (Phi) is 4.70. The van der Waals surface area contributed by atoms with E-state index in [0.717, 1.165) is 26.2 Å². The van der Waals surface area contributed by atoms with Gasteiger partial charge in [0.1, 0.15) is 10.7 Å². The van der Waals surface area contributed by atoms with E-state index >= 15 is 0 Å². The van der Waals surface area contributed by atoms with Crippen molar-refractivity contribution < 1.29 is 8.42 Å². The van der Waals surface area contributed by atoms with Gasteiger partial charge in [0.05, 0.1) is 0 Å². The summed E-state index contributed by atoms with van der Waals surface area (Å²) in [5.41, 5.74) is 2.51. The fourth-order valence-corrected chi connectivity index (χ4v) is 5.21. The Labute approximate surface area is 164 Å². The van der Waals surface area contributed by atoms with Crippen LogP contribution in [0.15, 0.2) is 64.6 Å². The van der Waals surface area contributed by atoms with Crippen LogP contribution in [-0.2, 0) is 10.0 Å². The van der Waals surface area contributed by atoms with Gasteiger partial charge in [0.25, 0.3) is 10.0 Å². The van der Waals surface area contributed by atoms with E-state index in [-0.39, 0.29) is 4.91 Å². The molecule has 7 heteroatoms. The molecule has 2 aliphatic heterocycles. The molecule has 1 saturated heterocycles. The van der Waals surface area contributed by atoms with Crippen molar-refractivity contribution in [3.8, 4) is 0 Å². The second-order valence-corrected chi connectivity index (χ2v) is 8.64. The summed E-state index contributed by atoms with van der Waals surface area (Å²) in [5, 5.41) is 0.575. The van der Waals surface area contributed by atoms with E-state index in [1.54, 1.807) is 24.3 Å². The Bertz CT molecular complexity index is 1010. The summed E-state index contributed by atoms with van der Waals surface area (Å²) in [4.78, 5) is 4.65. The second-order valence-electron chi connectivity index (χ2n) is 6.66. The molecule has 5 nitrogen and oxygen atoms in total. The molecule has 2 heterocycles. The SMILES string of the molecule is CC1=C(c2ccc(Cl)cc2)S(=O)(=O)N=C1N1CCN(c2ccccc2)CC1. The number of rotatable bonds is 2. The lowest BCUT2D eigenvalue weighted by molar-refractivity contribution is 0.387. The van der Waals surface area contributed by atoms with Crippen LogP contribution in [0.3, 0.4) is 0 Å². The first kappa shape index (κ1) is 18.1. The van der Waals surface area contributed by atoms with E-state index in [4.69, 9.17) is 11.6 Å². The summed E-state index contributed by atoms with van der Waals surface area (Å²) in [5.74, 6) is 0.563. The molecule has 2 aliphatic rings. The average molecular weight is 402 g/mol.